The van der Waals surface area contributed by atoms with Crippen LogP contribution in [0.15, 0.2) is 0 Å². The van der Waals surface area contributed by atoms with Gasteiger partial charge in [0.25, 0.3) is 0 Å². The zero-order valence-corrected chi connectivity index (χ0v) is 12.6. The molecule has 0 saturated carbocycles. The second kappa shape index (κ2) is 8.52. The van der Waals surface area contributed by atoms with E-state index in [4.69, 9.17) is 9.47 Å². The molecule has 7 nitrogen and oxygen atoms in total. The normalized spacial score (nSPS) is 12.4. The molecule has 7 heteroatoms. The SMILES string of the molecule is CCOCC(=O)N[C@H](CC(=O)OC(C)(C)C)C(=O)OC. The number of rotatable bonds is 7. The van der Waals surface area contributed by atoms with Gasteiger partial charge in [-0.2, -0.15) is 0 Å². The van der Waals surface area contributed by atoms with Crippen molar-refractivity contribution < 1.29 is 28.6 Å². The number of esters is 2. The molecule has 1 amide bonds. The van der Waals surface area contributed by atoms with E-state index in [1.165, 1.54) is 7.11 Å². The van der Waals surface area contributed by atoms with Gasteiger partial charge in [-0.1, -0.05) is 0 Å². The smallest absolute Gasteiger partial charge is 0.328 e. The molecule has 1 atom stereocenters. The Labute approximate surface area is 118 Å². The number of nitrogens with one attached hydrogen (secondary N) is 1. The van der Waals surface area contributed by atoms with Crippen LogP contribution in [0.1, 0.15) is 34.1 Å². The van der Waals surface area contributed by atoms with Crippen LogP contribution < -0.4 is 5.32 Å². The lowest BCUT2D eigenvalue weighted by Crippen LogP contribution is -2.45. The molecule has 0 spiro atoms. The predicted molar refractivity (Wildman–Crippen MR) is 70.9 cm³/mol. The highest BCUT2D eigenvalue weighted by Gasteiger charge is 2.27. The zero-order valence-electron chi connectivity index (χ0n) is 12.6. The van der Waals surface area contributed by atoms with Crippen molar-refractivity contribution in [3.8, 4) is 0 Å². The number of carbonyl (C=O) groups is 3. The highest BCUT2D eigenvalue weighted by Crippen LogP contribution is 2.09. The Kier molecular flexibility index (Phi) is 7.83. The molecule has 116 valence electrons. The summed E-state index contributed by atoms with van der Waals surface area (Å²) in [6.45, 7) is 7.08. The summed E-state index contributed by atoms with van der Waals surface area (Å²) >= 11 is 0. The predicted octanol–water partition coefficient (Wildman–Crippen LogP) is 0.413. The summed E-state index contributed by atoms with van der Waals surface area (Å²) < 4.78 is 14.6. The van der Waals surface area contributed by atoms with E-state index in [9.17, 15) is 14.4 Å². The van der Waals surface area contributed by atoms with Gasteiger partial charge in [0.1, 0.15) is 18.2 Å². The van der Waals surface area contributed by atoms with Gasteiger partial charge < -0.3 is 19.5 Å². The average molecular weight is 289 g/mol. The van der Waals surface area contributed by atoms with E-state index in [0.717, 1.165) is 0 Å². The van der Waals surface area contributed by atoms with Crippen LogP contribution in [-0.4, -0.2) is 49.8 Å². The van der Waals surface area contributed by atoms with Crippen LogP contribution in [0, 0.1) is 0 Å². The standard InChI is InChI=1S/C13H23NO6/c1-6-19-8-10(15)14-9(12(17)18-5)7-11(16)20-13(2,3)4/h9H,6-8H2,1-5H3,(H,14,15)/t9-/m1/s1. The Balaban J connectivity index is 4.54. The average Bonchev–Trinajstić information content (AvgIpc) is 2.32. The van der Waals surface area contributed by atoms with E-state index in [1.54, 1.807) is 27.7 Å². The van der Waals surface area contributed by atoms with Crippen LogP contribution in [0.2, 0.25) is 0 Å². The van der Waals surface area contributed by atoms with Crippen LogP contribution in [0.25, 0.3) is 0 Å². The molecule has 0 aromatic heterocycles. The van der Waals surface area contributed by atoms with Gasteiger partial charge in [-0.15, -0.1) is 0 Å². The molecule has 0 aromatic carbocycles. The monoisotopic (exact) mass is 289 g/mol. The van der Waals surface area contributed by atoms with Gasteiger partial charge >= 0.3 is 11.9 Å². The molecule has 0 rings (SSSR count). The number of carbonyl (C=O) groups excluding carboxylic acids is 3. The zero-order chi connectivity index (χ0) is 15.8. The highest BCUT2D eigenvalue weighted by atomic mass is 16.6. The second-order valence-electron chi connectivity index (χ2n) is 5.07. The fourth-order valence-corrected chi connectivity index (χ4v) is 1.32. The molecule has 0 heterocycles. The van der Waals surface area contributed by atoms with Gasteiger partial charge in [0.05, 0.1) is 13.5 Å². The summed E-state index contributed by atoms with van der Waals surface area (Å²) in [6.07, 6.45) is -0.290. The number of hydrogen-bond donors (Lipinski definition) is 1. The molecule has 0 saturated heterocycles. The Morgan fingerprint density at radius 3 is 2.25 bits per heavy atom. The largest absolute Gasteiger partial charge is 0.467 e. The summed E-state index contributed by atoms with van der Waals surface area (Å²) in [5, 5.41) is 2.38. The third kappa shape index (κ3) is 8.47. The topological polar surface area (TPSA) is 90.9 Å². The van der Waals surface area contributed by atoms with E-state index in [1.807, 2.05) is 0 Å². The first-order chi connectivity index (χ1) is 9.19. The summed E-state index contributed by atoms with van der Waals surface area (Å²) in [6, 6.07) is -1.08. The number of ether oxygens (including phenoxy) is 3. The Morgan fingerprint density at radius 2 is 1.80 bits per heavy atom. The number of hydrogen-bond acceptors (Lipinski definition) is 6. The van der Waals surface area contributed by atoms with Gasteiger partial charge in [0.15, 0.2) is 0 Å². The van der Waals surface area contributed by atoms with Crippen LogP contribution >= 0.6 is 0 Å². The Morgan fingerprint density at radius 1 is 1.20 bits per heavy atom. The maximum Gasteiger partial charge on any atom is 0.328 e. The van der Waals surface area contributed by atoms with E-state index in [0.29, 0.717) is 6.61 Å². The van der Waals surface area contributed by atoms with Crippen molar-refractivity contribution in [1.29, 1.82) is 0 Å². The first-order valence-electron chi connectivity index (χ1n) is 6.36. The second-order valence-corrected chi connectivity index (χ2v) is 5.07. The van der Waals surface area contributed by atoms with E-state index in [-0.39, 0.29) is 13.0 Å². The van der Waals surface area contributed by atoms with Crippen molar-refractivity contribution in [3.63, 3.8) is 0 Å². The molecular formula is C13H23NO6. The third-order valence-electron chi connectivity index (χ3n) is 2.05. The quantitative estimate of drug-likeness (QED) is 0.683. The lowest BCUT2D eigenvalue weighted by atomic mass is 10.1. The molecule has 0 fully saturated rings. The molecule has 0 aliphatic carbocycles. The maximum atomic E-state index is 11.7. The van der Waals surface area contributed by atoms with Gasteiger partial charge in [-0.05, 0) is 27.7 Å². The molecule has 0 aliphatic rings. The molecule has 0 aliphatic heterocycles. The third-order valence-corrected chi connectivity index (χ3v) is 2.05. The molecule has 0 aromatic rings. The lowest BCUT2D eigenvalue weighted by Gasteiger charge is -2.21. The lowest BCUT2D eigenvalue weighted by molar-refractivity contribution is -0.159. The minimum Gasteiger partial charge on any atom is -0.467 e. The number of methoxy groups -OCH3 is 1. The molecule has 1 N–H and O–H groups in total. The van der Waals surface area contributed by atoms with E-state index >= 15 is 0 Å². The fraction of sp³-hybridized carbons (Fsp3) is 0.769. The molecule has 0 radical (unpaired) electrons. The van der Waals surface area contributed by atoms with Crippen LogP contribution in [0.4, 0.5) is 0 Å². The van der Waals surface area contributed by atoms with Crippen molar-refractivity contribution in [3.05, 3.63) is 0 Å². The van der Waals surface area contributed by atoms with Gasteiger partial charge in [0, 0.05) is 6.61 Å². The van der Waals surface area contributed by atoms with E-state index < -0.39 is 29.5 Å². The molecule has 0 unspecified atom stereocenters. The number of amides is 1. The van der Waals surface area contributed by atoms with Gasteiger partial charge in [-0.3, -0.25) is 9.59 Å². The van der Waals surface area contributed by atoms with Gasteiger partial charge in [0.2, 0.25) is 5.91 Å². The van der Waals surface area contributed by atoms with Crippen LogP contribution in [-0.2, 0) is 28.6 Å². The molecule has 20 heavy (non-hydrogen) atoms. The van der Waals surface area contributed by atoms with Crippen LogP contribution in [0.5, 0.6) is 0 Å². The van der Waals surface area contributed by atoms with Crippen molar-refractivity contribution in [1.82, 2.24) is 5.32 Å². The Hall–Kier alpha value is -1.63. The van der Waals surface area contributed by atoms with Crippen molar-refractivity contribution >= 4 is 17.8 Å². The van der Waals surface area contributed by atoms with E-state index in [2.05, 4.69) is 10.1 Å². The maximum absolute atomic E-state index is 11.7. The van der Waals surface area contributed by atoms with Crippen molar-refractivity contribution in [2.75, 3.05) is 20.3 Å². The summed E-state index contributed by atoms with van der Waals surface area (Å²) in [5.74, 6) is -1.80. The Bertz CT molecular complexity index is 347. The first-order valence-corrected chi connectivity index (χ1v) is 6.36. The van der Waals surface area contributed by atoms with Crippen LogP contribution in [0.3, 0.4) is 0 Å². The fourth-order valence-electron chi connectivity index (χ4n) is 1.32. The van der Waals surface area contributed by atoms with Crippen molar-refractivity contribution in [2.24, 2.45) is 0 Å². The van der Waals surface area contributed by atoms with Crippen molar-refractivity contribution in [2.45, 2.75) is 45.8 Å². The molecule has 0 bridgehead atoms. The van der Waals surface area contributed by atoms with Gasteiger partial charge in [-0.25, -0.2) is 4.79 Å². The molecular weight excluding hydrogens is 266 g/mol. The minimum atomic E-state index is -1.08. The highest BCUT2D eigenvalue weighted by molar-refractivity contribution is 5.88. The first kappa shape index (κ1) is 18.4. The summed E-state index contributed by atoms with van der Waals surface area (Å²) in [7, 11) is 1.18. The summed E-state index contributed by atoms with van der Waals surface area (Å²) in [5.41, 5.74) is -0.660. The summed E-state index contributed by atoms with van der Waals surface area (Å²) in [4.78, 5) is 34.7. The minimum absolute atomic E-state index is 0.182.